The average molecular weight is 376 g/mol. The third-order valence-electron chi connectivity index (χ3n) is 4.60. The number of carbonyl (C=O) groups is 2. The fraction of sp³-hybridized carbons (Fsp3) is 0.190. The Morgan fingerprint density at radius 3 is 2.29 bits per heavy atom. The Balaban J connectivity index is 1.28. The molecule has 0 spiro atoms. The summed E-state index contributed by atoms with van der Waals surface area (Å²) in [7, 11) is 0. The quantitative estimate of drug-likeness (QED) is 0.712. The number of hydrogen-bond acceptors (Lipinski definition) is 5. The van der Waals surface area contributed by atoms with Crippen LogP contribution in [0.15, 0.2) is 65.2 Å². The van der Waals surface area contributed by atoms with E-state index in [1.165, 1.54) is 0 Å². The van der Waals surface area contributed by atoms with E-state index in [4.69, 9.17) is 4.52 Å². The van der Waals surface area contributed by atoms with Crippen LogP contribution in [0, 0.1) is 12.8 Å². The van der Waals surface area contributed by atoms with Gasteiger partial charge in [-0.25, -0.2) is 0 Å². The summed E-state index contributed by atoms with van der Waals surface area (Å²) in [5, 5.41) is 9.92. The molecule has 4 rings (SSSR count). The largest absolute Gasteiger partial charge is 0.361 e. The number of nitrogens with zero attached hydrogens (tertiary/aromatic N) is 2. The molecule has 1 saturated heterocycles. The van der Waals surface area contributed by atoms with Crippen LogP contribution in [-0.2, 0) is 4.79 Å². The van der Waals surface area contributed by atoms with Crippen molar-refractivity contribution in [3.63, 3.8) is 0 Å². The molecule has 7 heteroatoms. The number of hydrogen-bond donors (Lipinski definition) is 2. The van der Waals surface area contributed by atoms with E-state index in [0.29, 0.717) is 18.8 Å². The first-order valence-corrected chi connectivity index (χ1v) is 9.04. The zero-order valence-electron chi connectivity index (χ0n) is 15.4. The van der Waals surface area contributed by atoms with Crippen LogP contribution >= 0.6 is 0 Å². The number of likely N-dealkylation sites (tertiary alicyclic amines) is 1. The molecular weight excluding hydrogens is 356 g/mol. The molecule has 1 aliphatic rings. The number of para-hydroxylation sites is 1. The zero-order chi connectivity index (χ0) is 19.5. The Labute approximate surface area is 162 Å². The Morgan fingerprint density at radius 2 is 1.64 bits per heavy atom. The number of amides is 2. The summed E-state index contributed by atoms with van der Waals surface area (Å²) in [5.74, 6) is 0.0591. The van der Waals surface area contributed by atoms with Gasteiger partial charge in [0.05, 0.1) is 5.92 Å². The van der Waals surface area contributed by atoms with Crippen molar-refractivity contribution in [1.82, 2.24) is 10.1 Å². The van der Waals surface area contributed by atoms with Crippen molar-refractivity contribution in [2.75, 3.05) is 23.7 Å². The molecule has 1 fully saturated rings. The number of carbonyl (C=O) groups excluding carboxylic acids is 2. The average Bonchev–Trinajstić information content (AvgIpc) is 3.09. The van der Waals surface area contributed by atoms with Gasteiger partial charge in [0.2, 0.25) is 5.91 Å². The van der Waals surface area contributed by atoms with Crippen molar-refractivity contribution in [1.29, 1.82) is 0 Å². The highest BCUT2D eigenvalue weighted by Gasteiger charge is 2.37. The first kappa shape index (κ1) is 17.8. The molecule has 2 aromatic carbocycles. The van der Waals surface area contributed by atoms with Crippen LogP contribution in [0.25, 0.3) is 0 Å². The maximum atomic E-state index is 12.4. The molecule has 3 aromatic rings. The van der Waals surface area contributed by atoms with E-state index in [9.17, 15) is 9.59 Å². The second-order valence-corrected chi connectivity index (χ2v) is 6.79. The van der Waals surface area contributed by atoms with Crippen molar-refractivity contribution in [3.8, 4) is 0 Å². The number of benzene rings is 2. The van der Waals surface area contributed by atoms with E-state index >= 15 is 0 Å². The van der Waals surface area contributed by atoms with E-state index in [2.05, 4.69) is 15.8 Å². The number of aromatic nitrogens is 1. The van der Waals surface area contributed by atoms with Gasteiger partial charge < -0.3 is 20.1 Å². The van der Waals surface area contributed by atoms with Gasteiger partial charge in [-0.2, -0.15) is 0 Å². The molecule has 0 aliphatic carbocycles. The van der Waals surface area contributed by atoms with Crippen molar-refractivity contribution in [2.45, 2.75) is 6.92 Å². The van der Waals surface area contributed by atoms with Gasteiger partial charge in [0, 0.05) is 36.2 Å². The minimum Gasteiger partial charge on any atom is -0.361 e. The summed E-state index contributed by atoms with van der Waals surface area (Å²) in [6.45, 7) is 2.49. The Morgan fingerprint density at radius 1 is 1.00 bits per heavy atom. The van der Waals surface area contributed by atoms with E-state index in [1.807, 2.05) is 54.6 Å². The van der Waals surface area contributed by atoms with Crippen LogP contribution in [0.5, 0.6) is 0 Å². The Bertz CT molecular complexity index is 976. The molecule has 1 aromatic heterocycles. The highest BCUT2D eigenvalue weighted by Crippen LogP contribution is 2.22. The lowest BCUT2D eigenvalue weighted by Gasteiger charge is -2.37. The molecule has 0 bridgehead atoms. The molecule has 7 nitrogen and oxygen atoms in total. The third kappa shape index (κ3) is 3.88. The second kappa shape index (κ2) is 7.56. The van der Waals surface area contributed by atoms with E-state index in [0.717, 1.165) is 17.1 Å². The molecule has 2 heterocycles. The van der Waals surface area contributed by atoms with Gasteiger partial charge in [0.25, 0.3) is 5.91 Å². The maximum absolute atomic E-state index is 12.4. The van der Waals surface area contributed by atoms with Crippen LogP contribution in [0.1, 0.15) is 16.2 Å². The Hall–Kier alpha value is -3.61. The zero-order valence-corrected chi connectivity index (χ0v) is 15.4. The predicted molar refractivity (Wildman–Crippen MR) is 105 cm³/mol. The number of nitrogens with one attached hydrogen (secondary N) is 2. The summed E-state index contributed by atoms with van der Waals surface area (Å²) >= 11 is 0. The van der Waals surface area contributed by atoms with Crippen LogP contribution in [0.3, 0.4) is 0 Å². The SMILES string of the molecule is Cc1cc(C(=O)N2CC(C(=O)Nc3ccc(Nc4ccccc4)cc3)C2)no1. The molecule has 1 aliphatic heterocycles. The number of rotatable bonds is 5. The molecule has 2 N–H and O–H groups in total. The van der Waals surface area contributed by atoms with Crippen LogP contribution in [0.4, 0.5) is 17.1 Å². The molecule has 0 unspecified atom stereocenters. The second-order valence-electron chi connectivity index (χ2n) is 6.79. The third-order valence-corrected chi connectivity index (χ3v) is 4.60. The first-order valence-electron chi connectivity index (χ1n) is 9.04. The van der Waals surface area contributed by atoms with E-state index in [-0.39, 0.29) is 23.4 Å². The highest BCUT2D eigenvalue weighted by molar-refractivity contribution is 5.97. The highest BCUT2D eigenvalue weighted by atomic mass is 16.5. The summed E-state index contributed by atoms with van der Waals surface area (Å²) in [6.07, 6.45) is 0. The lowest BCUT2D eigenvalue weighted by molar-refractivity contribution is -0.123. The minimum absolute atomic E-state index is 0.0934. The predicted octanol–water partition coefficient (Wildman–Crippen LogP) is 3.44. The monoisotopic (exact) mass is 376 g/mol. The topological polar surface area (TPSA) is 87.5 Å². The molecule has 142 valence electrons. The lowest BCUT2D eigenvalue weighted by atomic mass is 9.98. The van der Waals surface area contributed by atoms with E-state index in [1.54, 1.807) is 17.9 Å². The number of anilines is 3. The molecule has 28 heavy (non-hydrogen) atoms. The van der Waals surface area contributed by atoms with Crippen molar-refractivity contribution < 1.29 is 14.1 Å². The fourth-order valence-electron chi connectivity index (χ4n) is 3.01. The van der Waals surface area contributed by atoms with Crippen molar-refractivity contribution in [2.24, 2.45) is 5.92 Å². The van der Waals surface area contributed by atoms with Crippen LogP contribution < -0.4 is 10.6 Å². The van der Waals surface area contributed by atoms with Gasteiger partial charge in [-0.15, -0.1) is 0 Å². The van der Waals surface area contributed by atoms with Crippen LogP contribution in [-0.4, -0.2) is 35.0 Å². The minimum atomic E-state index is -0.223. The summed E-state index contributed by atoms with van der Waals surface area (Å²) in [4.78, 5) is 26.2. The van der Waals surface area contributed by atoms with Gasteiger partial charge in [-0.3, -0.25) is 9.59 Å². The van der Waals surface area contributed by atoms with Gasteiger partial charge >= 0.3 is 0 Å². The number of aryl methyl sites for hydroxylation is 1. The molecule has 0 radical (unpaired) electrons. The summed E-state index contributed by atoms with van der Waals surface area (Å²) in [6, 6.07) is 19.0. The smallest absolute Gasteiger partial charge is 0.276 e. The van der Waals surface area contributed by atoms with Crippen LogP contribution in [0.2, 0.25) is 0 Å². The van der Waals surface area contributed by atoms with E-state index < -0.39 is 0 Å². The molecule has 2 amide bonds. The molecule has 0 saturated carbocycles. The molecular formula is C21H20N4O3. The molecule has 0 atom stereocenters. The van der Waals surface area contributed by atoms with Crippen molar-refractivity contribution in [3.05, 3.63) is 72.1 Å². The standard InChI is InChI=1S/C21H20N4O3/c1-14-11-19(24-28-14)21(27)25-12-15(13-25)20(26)23-18-9-7-17(8-10-18)22-16-5-3-2-4-6-16/h2-11,15,22H,12-13H2,1H3,(H,23,26). The van der Waals surface area contributed by atoms with Crippen molar-refractivity contribution >= 4 is 28.9 Å². The first-order chi connectivity index (χ1) is 13.6. The fourth-order valence-corrected chi connectivity index (χ4v) is 3.01. The Kier molecular flexibility index (Phi) is 4.80. The van der Waals surface area contributed by atoms with Gasteiger partial charge in [-0.05, 0) is 43.3 Å². The summed E-state index contributed by atoms with van der Waals surface area (Å²) < 4.78 is 4.92. The maximum Gasteiger partial charge on any atom is 0.276 e. The normalized spacial score (nSPS) is 13.7. The lowest BCUT2D eigenvalue weighted by Crippen LogP contribution is -2.54. The van der Waals surface area contributed by atoms with Gasteiger partial charge in [0.1, 0.15) is 5.76 Å². The summed E-state index contributed by atoms with van der Waals surface area (Å²) in [5.41, 5.74) is 2.94. The van der Waals surface area contributed by atoms with Gasteiger partial charge in [0.15, 0.2) is 5.69 Å². The van der Waals surface area contributed by atoms with Gasteiger partial charge in [-0.1, -0.05) is 23.4 Å².